The first-order valence-electron chi connectivity index (χ1n) is 19.9. The molecule has 3 aromatic carbocycles. The minimum absolute atomic E-state index is 0.112. The smallest absolute Gasteiger partial charge is 0.323 e. The van der Waals surface area contributed by atoms with E-state index >= 15 is 0 Å². The minimum Gasteiger partial charge on any atom is -0.497 e. The first kappa shape index (κ1) is 39.4. The Kier molecular flexibility index (Phi) is 13.8. The Morgan fingerprint density at radius 3 is 2.13 bits per heavy atom. The van der Waals surface area contributed by atoms with E-state index in [0.717, 1.165) is 52.8 Å². The average molecular weight is 743 g/mol. The number of ether oxygens (including phenoxy) is 1. The molecule has 1 unspecified atom stereocenters. The number of nitrogens with one attached hydrogen (secondary N) is 1. The van der Waals surface area contributed by atoms with E-state index in [1.807, 2.05) is 48.8 Å². The van der Waals surface area contributed by atoms with E-state index in [0.29, 0.717) is 22.8 Å². The maximum Gasteiger partial charge on any atom is 0.323 e. The van der Waals surface area contributed by atoms with Crippen LogP contribution in [0.1, 0.15) is 105 Å². The number of carboxylic acids is 1. The zero-order valence-electron chi connectivity index (χ0n) is 32.2. The predicted molar refractivity (Wildman–Crippen MR) is 217 cm³/mol. The number of aromatic nitrogens is 2. The molecule has 55 heavy (non-hydrogen) atoms. The number of carbonyl (C=O) groups excluding carboxylic acids is 2. The maximum atomic E-state index is 13.5. The second-order valence-electron chi connectivity index (χ2n) is 15.2. The van der Waals surface area contributed by atoms with Gasteiger partial charge in [0.2, 0.25) is 5.91 Å². The van der Waals surface area contributed by atoms with Crippen LogP contribution in [-0.4, -0.2) is 51.4 Å². The highest BCUT2D eigenvalue weighted by Gasteiger charge is 2.29. The summed E-state index contributed by atoms with van der Waals surface area (Å²) in [7, 11) is 1.59. The number of anilines is 1. The fraction of sp³-hybridized carbons (Fsp3) is 0.413. The maximum absolute atomic E-state index is 13.5. The van der Waals surface area contributed by atoms with Gasteiger partial charge in [0.15, 0.2) is 5.82 Å². The number of rotatable bonds is 16. The molecule has 9 heteroatoms. The average Bonchev–Trinajstić information content (AvgIpc) is 3.21. The van der Waals surface area contributed by atoms with Crippen LogP contribution < -0.4 is 10.1 Å². The standard InChI is InChI=1S/C46H54N4O5/c1-3-4-5-6-32-7-13-35(14-8-32)36-17-19-37(20-18-36)40-28-47-45(48-29-40)38-15-9-34(10-16-38)30-50(31-44(52)53)46(54)39-21-23-41(24-22-39)49-43(51)27-33-11-25-42(55-2)26-12-33/h9-12,15-16,19,21-26,28-29,32,35-36H,3-8,13-14,17-18,20,27,30-31H2,1-2H3,(H,49,51)(H,52,53). The van der Waals surface area contributed by atoms with Gasteiger partial charge in [0.05, 0.1) is 13.5 Å². The van der Waals surface area contributed by atoms with E-state index in [9.17, 15) is 19.5 Å². The Morgan fingerprint density at radius 2 is 1.51 bits per heavy atom. The Balaban J connectivity index is 1.00. The molecule has 0 radical (unpaired) electrons. The van der Waals surface area contributed by atoms with E-state index in [4.69, 9.17) is 14.7 Å². The third-order valence-electron chi connectivity index (χ3n) is 11.4. The van der Waals surface area contributed by atoms with Crippen LogP contribution >= 0.6 is 0 Å². The largest absolute Gasteiger partial charge is 0.497 e. The van der Waals surface area contributed by atoms with Gasteiger partial charge in [0.1, 0.15) is 12.3 Å². The lowest BCUT2D eigenvalue weighted by molar-refractivity contribution is -0.137. The van der Waals surface area contributed by atoms with Gasteiger partial charge >= 0.3 is 5.97 Å². The van der Waals surface area contributed by atoms with Crippen LogP contribution in [0.4, 0.5) is 5.69 Å². The van der Waals surface area contributed by atoms with Crippen molar-refractivity contribution in [3.05, 3.63) is 114 Å². The Hall–Kier alpha value is -5.31. The Morgan fingerprint density at radius 1 is 0.818 bits per heavy atom. The monoisotopic (exact) mass is 742 g/mol. The summed E-state index contributed by atoms with van der Waals surface area (Å²) in [5.41, 5.74) is 5.76. The molecular formula is C46H54N4O5. The zero-order valence-corrected chi connectivity index (χ0v) is 32.2. The molecule has 2 aliphatic carbocycles. The van der Waals surface area contributed by atoms with E-state index in [-0.39, 0.29) is 18.9 Å². The van der Waals surface area contributed by atoms with Crippen LogP contribution in [0, 0.1) is 17.8 Å². The fourth-order valence-electron chi connectivity index (χ4n) is 8.17. The lowest BCUT2D eigenvalue weighted by atomic mass is 9.70. The van der Waals surface area contributed by atoms with Crippen molar-refractivity contribution in [2.45, 2.75) is 90.5 Å². The van der Waals surface area contributed by atoms with Crippen molar-refractivity contribution in [1.29, 1.82) is 0 Å². The molecule has 1 aromatic heterocycles. The molecule has 2 amide bonds. The van der Waals surface area contributed by atoms with Crippen LogP contribution in [0.25, 0.3) is 17.0 Å². The lowest BCUT2D eigenvalue weighted by Gasteiger charge is -2.35. The topological polar surface area (TPSA) is 122 Å². The third kappa shape index (κ3) is 11.1. The number of hydrogen-bond acceptors (Lipinski definition) is 6. The van der Waals surface area contributed by atoms with Crippen LogP contribution in [0.3, 0.4) is 0 Å². The number of aliphatic carboxylic acids is 1. The number of nitrogens with zero attached hydrogens (tertiary/aromatic N) is 3. The molecule has 288 valence electrons. The summed E-state index contributed by atoms with van der Waals surface area (Å²) in [6.07, 6.45) is 21.1. The Bertz CT molecular complexity index is 1900. The molecule has 0 aliphatic heterocycles. The molecule has 0 spiro atoms. The van der Waals surface area contributed by atoms with Gasteiger partial charge in [0.25, 0.3) is 5.91 Å². The molecule has 6 rings (SSSR count). The summed E-state index contributed by atoms with van der Waals surface area (Å²) in [5.74, 6) is 2.24. The van der Waals surface area contributed by atoms with Crippen molar-refractivity contribution in [1.82, 2.24) is 14.9 Å². The van der Waals surface area contributed by atoms with Crippen molar-refractivity contribution in [2.24, 2.45) is 17.8 Å². The van der Waals surface area contributed by atoms with Gasteiger partial charge < -0.3 is 20.1 Å². The molecule has 4 aromatic rings. The van der Waals surface area contributed by atoms with Crippen molar-refractivity contribution in [2.75, 3.05) is 19.0 Å². The molecule has 1 saturated carbocycles. The van der Waals surface area contributed by atoms with Crippen LogP contribution in [-0.2, 0) is 22.6 Å². The predicted octanol–water partition coefficient (Wildman–Crippen LogP) is 9.63. The Labute approximate surface area is 325 Å². The molecule has 9 nitrogen and oxygen atoms in total. The summed E-state index contributed by atoms with van der Waals surface area (Å²) in [6.45, 7) is 1.95. The summed E-state index contributed by atoms with van der Waals surface area (Å²) < 4.78 is 5.16. The number of carbonyl (C=O) groups is 3. The molecule has 2 aliphatic rings. The minimum atomic E-state index is -1.11. The van der Waals surface area contributed by atoms with E-state index in [2.05, 4.69) is 18.3 Å². The van der Waals surface area contributed by atoms with Gasteiger partial charge in [-0.05, 0) is 103 Å². The van der Waals surface area contributed by atoms with E-state index < -0.39 is 18.4 Å². The number of allylic oxidation sites excluding steroid dienone is 2. The highest BCUT2D eigenvalue weighted by atomic mass is 16.5. The van der Waals surface area contributed by atoms with Gasteiger partial charge in [-0.15, -0.1) is 0 Å². The van der Waals surface area contributed by atoms with Crippen molar-refractivity contribution >= 4 is 29.0 Å². The fourth-order valence-corrected chi connectivity index (χ4v) is 8.17. The number of carboxylic acid groups (broad SMARTS) is 1. The molecule has 0 bridgehead atoms. The number of methoxy groups -OCH3 is 1. The highest BCUT2D eigenvalue weighted by Crippen LogP contribution is 2.42. The SMILES string of the molecule is CCCCCC1CCC(C2CC=C(c3cnc(-c4ccc(CN(CC(=O)O)C(=O)c5ccc(NC(=O)Cc6ccc(OC)cc6)cc5)cc4)nc3)CC2)CC1. The molecule has 1 fully saturated rings. The lowest BCUT2D eigenvalue weighted by Crippen LogP contribution is -2.35. The van der Waals surface area contributed by atoms with Gasteiger partial charge in [-0.1, -0.05) is 87.9 Å². The summed E-state index contributed by atoms with van der Waals surface area (Å²) in [6, 6.07) is 21.3. The summed E-state index contributed by atoms with van der Waals surface area (Å²) >= 11 is 0. The molecule has 0 saturated heterocycles. The summed E-state index contributed by atoms with van der Waals surface area (Å²) in [5, 5.41) is 12.4. The van der Waals surface area contributed by atoms with Gasteiger partial charge in [-0.3, -0.25) is 14.4 Å². The quantitative estimate of drug-likeness (QED) is 0.110. The van der Waals surface area contributed by atoms with Crippen molar-refractivity contribution < 1.29 is 24.2 Å². The first-order valence-corrected chi connectivity index (χ1v) is 19.9. The number of amides is 2. The molecule has 1 atom stereocenters. The second-order valence-corrected chi connectivity index (χ2v) is 15.2. The van der Waals surface area contributed by atoms with Crippen LogP contribution in [0.5, 0.6) is 5.75 Å². The normalized spacial score (nSPS) is 18.2. The second kappa shape index (κ2) is 19.3. The first-order chi connectivity index (χ1) is 26.8. The van der Waals surface area contributed by atoms with Crippen molar-refractivity contribution in [3.63, 3.8) is 0 Å². The number of benzene rings is 3. The number of hydrogen-bond donors (Lipinski definition) is 2. The molecule has 1 heterocycles. The third-order valence-corrected chi connectivity index (χ3v) is 11.4. The van der Waals surface area contributed by atoms with E-state index in [1.54, 1.807) is 43.5 Å². The van der Waals surface area contributed by atoms with Gasteiger partial charge in [0, 0.05) is 41.3 Å². The summed E-state index contributed by atoms with van der Waals surface area (Å²) in [4.78, 5) is 48.5. The van der Waals surface area contributed by atoms with E-state index in [1.165, 1.54) is 68.3 Å². The molecular weight excluding hydrogens is 689 g/mol. The highest BCUT2D eigenvalue weighted by molar-refractivity contribution is 5.97. The molecule has 2 N–H and O–H groups in total. The van der Waals surface area contributed by atoms with Crippen molar-refractivity contribution in [3.8, 4) is 17.1 Å². The van der Waals surface area contributed by atoms with Crippen LogP contribution in [0.2, 0.25) is 0 Å². The zero-order chi connectivity index (χ0) is 38.6. The number of unbranched alkanes of at least 4 members (excludes halogenated alkanes) is 2. The van der Waals surface area contributed by atoms with Gasteiger partial charge in [-0.25, -0.2) is 9.97 Å². The van der Waals surface area contributed by atoms with Gasteiger partial charge in [-0.2, -0.15) is 0 Å². The van der Waals surface area contributed by atoms with Crippen LogP contribution in [0.15, 0.2) is 91.3 Å².